The molecular formula is C14H18N2O4. The minimum Gasteiger partial charge on any atom is -0.465 e. The Morgan fingerprint density at radius 2 is 2.30 bits per heavy atom. The van der Waals surface area contributed by atoms with Crippen LogP contribution in [0, 0.1) is 0 Å². The maximum Gasteiger partial charge on any atom is 0.337 e. The summed E-state index contributed by atoms with van der Waals surface area (Å²) in [5.41, 5.74) is 7.64. The molecule has 0 radical (unpaired) electrons. The molecule has 20 heavy (non-hydrogen) atoms. The smallest absolute Gasteiger partial charge is 0.337 e. The van der Waals surface area contributed by atoms with Gasteiger partial charge in [-0.15, -0.1) is 0 Å². The SMILES string of the molecule is COC(=O)c1ccc(N)c(NC2COC3(COC3)C2)c1. The van der Waals surface area contributed by atoms with E-state index in [-0.39, 0.29) is 17.6 Å². The van der Waals surface area contributed by atoms with Crippen LogP contribution < -0.4 is 11.1 Å². The lowest BCUT2D eigenvalue weighted by atomic mass is 9.96. The number of anilines is 2. The molecule has 1 aromatic rings. The molecule has 0 aromatic heterocycles. The van der Waals surface area contributed by atoms with Crippen molar-refractivity contribution in [3.8, 4) is 0 Å². The fraction of sp³-hybridized carbons (Fsp3) is 0.500. The molecule has 6 heteroatoms. The molecule has 2 aliphatic rings. The first-order valence-electron chi connectivity index (χ1n) is 6.58. The van der Waals surface area contributed by atoms with E-state index in [1.54, 1.807) is 18.2 Å². The van der Waals surface area contributed by atoms with E-state index in [0.29, 0.717) is 31.1 Å². The second-order valence-corrected chi connectivity index (χ2v) is 5.33. The third-order valence-electron chi connectivity index (χ3n) is 3.77. The van der Waals surface area contributed by atoms with Crippen molar-refractivity contribution >= 4 is 17.3 Å². The standard InChI is InChI=1S/C14H18N2O4/c1-18-13(17)9-2-3-11(15)12(4-9)16-10-5-14(20-6-10)7-19-8-14/h2-4,10,16H,5-8,15H2,1H3. The monoisotopic (exact) mass is 278 g/mol. The van der Waals surface area contributed by atoms with Crippen molar-refractivity contribution in [3.05, 3.63) is 23.8 Å². The van der Waals surface area contributed by atoms with Gasteiger partial charge in [0, 0.05) is 6.42 Å². The van der Waals surface area contributed by atoms with Gasteiger partial charge in [0.15, 0.2) is 0 Å². The molecule has 0 bridgehead atoms. The zero-order chi connectivity index (χ0) is 14.2. The van der Waals surface area contributed by atoms with Crippen LogP contribution in [-0.2, 0) is 14.2 Å². The molecule has 1 spiro atoms. The van der Waals surface area contributed by atoms with Gasteiger partial charge in [0.1, 0.15) is 5.60 Å². The van der Waals surface area contributed by atoms with E-state index in [4.69, 9.17) is 19.9 Å². The van der Waals surface area contributed by atoms with Gasteiger partial charge in [0.25, 0.3) is 0 Å². The van der Waals surface area contributed by atoms with Crippen molar-refractivity contribution in [2.75, 3.05) is 38.0 Å². The predicted molar refractivity (Wildman–Crippen MR) is 73.7 cm³/mol. The molecule has 1 aromatic carbocycles. The number of carbonyl (C=O) groups excluding carboxylic acids is 1. The van der Waals surface area contributed by atoms with Gasteiger partial charge in [-0.2, -0.15) is 0 Å². The summed E-state index contributed by atoms with van der Waals surface area (Å²) in [4.78, 5) is 11.5. The Bertz CT molecular complexity index is 528. The molecule has 3 N–H and O–H groups in total. The van der Waals surface area contributed by atoms with Gasteiger partial charge >= 0.3 is 5.97 Å². The lowest BCUT2D eigenvalue weighted by molar-refractivity contribution is -0.184. The van der Waals surface area contributed by atoms with Crippen molar-refractivity contribution in [3.63, 3.8) is 0 Å². The van der Waals surface area contributed by atoms with E-state index in [9.17, 15) is 4.79 Å². The van der Waals surface area contributed by atoms with E-state index < -0.39 is 0 Å². The van der Waals surface area contributed by atoms with Gasteiger partial charge in [0.2, 0.25) is 0 Å². The molecule has 0 amide bonds. The normalized spacial score (nSPS) is 23.4. The highest BCUT2D eigenvalue weighted by Gasteiger charge is 2.46. The highest BCUT2D eigenvalue weighted by Crippen LogP contribution is 2.35. The molecule has 2 aliphatic heterocycles. The van der Waals surface area contributed by atoms with Crippen LogP contribution in [0.15, 0.2) is 18.2 Å². The number of nitrogens with two attached hydrogens (primary N) is 1. The minimum absolute atomic E-state index is 0.119. The topological polar surface area (TPSA) is 82.8 Å². The van der Waals surface area contributed by atoms with Crippen LogP contribution in [-0.4, -0.2) is 44.5 Å². The van der Waals surface area contributed by atoms with Crippen LogP contribution in [0.2, 0.25) is 0 Å². The second kappa shape index (κ2) is 4.96. The Kier molecular flexibility index (Phi) is 3.27. The first kappa shape index (κ1) is 13.2. The van der Waals surface area contributed by atoms with Crippen LogP contribution in [0.3, 0.4) is 0 Å². The van der Waals surface area contributed by atoms with E-state index in [1.165, 1.54) is 7.11 Å². The summed E-state index contributed by atoms with van der Waals surface area (Å²) >= 11 is 0. The number of benzene rings is 1. The van der Waals surface area contributed by atoms with Crippen molar-refractivity contribution in [2.45, 2.75) is 18.1 Å². The number of esters is 1. The number of hydrogen-bond acceptors (Lipinski definition) is 6. The minimum atomic E-state index is -0.375. The number of hydrogen-bond donors (Lipinski definition) is 2. The Balaban J connectivity index is 1.72. The molecule has 6 nitrogen and oxygen atoms in total. The largest absolute Gasteiger partial charge is 0.465 e. The third kappa shape index (κ3) is 2.32. The molecule has 3 rings (SSSR count). The average Bonchev–Trinajstić information content (AvgIpc) is 2.85. The van der Waals surface area contributed by atoms with Gasteiger partial charge in [-0.3, -0.25) is 0 Å². The average molecular weight is 278 g/mol. The molecule has 0 aliphatic carbocycles. The van der Waals surface area contributed by atoms with Crippen molar-refractivity contribution in [1.82, 2.24) is 0 Å². The van der Waals surface area contributed by atoms with Crippen LogP contribution in [0.25, 0.3) is 0 Å². The van der Waals surface area contributed by atoms with Crippen LogP contribution in [0.5, 0.6) is 0 Å². The summed E-state index contributed by atoms with van der Waals surface area (Å²) in [6.07, 6.45) is 0.884. The predicted octanol–water partition coefficient (Wildman–Crippen LogP) is 1.03. The highest BCUT2D eigenvalue weighted by molar-refractivity contribution is 5.92. The maximum absolute atomic E-state index is 11.5. The second-order valence-electron chi connectivity index (χ2n) is 5.33. The summed E-state index contributed by atoms with van der Waals surface area (Å²) in [5.74, 6) is -0.375. The number of nitrogen functional groups attached to an aromatic ring is 1. The Hall–Kier alpha value is -1.79. The number of ether oxygens (including phenoxy) is 3. The quantitative estimate of drug-likeness (QED) is 0.634. The van der Waals surface area contributed by atoms with E-state index in [2.05, 4.69) is 5.32 Å². The summed E-state index contributed by atoms with van der Waals surface area (Å²) in [7, 11) is 1.36. The number of carbonyl (C=O) groups is 1. The van der Waals surface area contributed by atoms with Gasteiger partial charge in [-0.25, -0.2) is 4.79 Å². The number of methoxy groups -OCH3 is 1. The molecular weight excluding hydrogens is 260 g/mol. The van der Waals surface area contributed by atoms with Gasteiger partial charge < -0.3 is 25.3 Å². The first-order chi connectivity index (χ1) is 9.62. The lowest BCUT2D eigenvalue weighted by Gasteiger charge is -2.36. The summed E-state index contributed by atoms with van der Waals surface area (Å²) in [5, 5.41) is 3.34. The molecule has 1 atom stereocenters. The van der Waals surface area contributed by atoms with Gasteiger partial charge in [-0.1, -0.05) is 0 Å². The summed E-state index contributed by atoms with van der Waals surface area (Å²) in [6, 6.07) is 5.24. The third-order valence-corrected chi connectivity index (χ3v) is 3.77. The van der Waals surface area contributed by atoms with Gasteiger partial charge in [-0.05, 0) is 18.2 Å². The van der Waals surface area contributed by atoms with E-state index in [0.717, 1.165) is 12.1 Å². The van der Waals surface area contributed by atoms with Crippen LogP contribution >= 0.6 is 0 Å². The highest BCUT2D eigenvalue weighted by atomic mass is 16.6. The fourth-order valence-corrected chi connectivity index (χ4v) is 2.61. The molecule has 2 fully saturated rings. The zero-order valence-corrected chi connectivity index (χ0v) is 11.3. The molecule has 0 saturated carbocycles. The van der Waals surface area contributed by atoms with Crippen LogP contribution in [0.4, 0.5) is 11.4 Å². The Morgan fingerprint density at radius 3 is 2.90 bits per heavy atom. The molecule has 2 heterocycles. The summed E-state index contributed by atoms with van der Waals surface area (Å²) in [6.45, 7) is 1.93. The fourth-order valence-electron chi connectivity index (χ4n) is 2.61. The van der Waals surface area contributed by atoms with Crippen molar-refractivity contribution < 1.29 is 19.0 Å². The summed E-state index contributed by atoms with van der Waals surface area (Å²) < 4.78 is 15.7. The zero-order valence-electron chi connectivity index (χ0n) is 11.3. The van der Waals surface area contributed by atoms with Crippen molar-refractivity contribution in [1.29, 1.82) is 0 Å². The number of nitrogens with one attached hydrogen (secondary N) is 1. The molecule has 2 saturated heterocycles. The van der Waals surface area contributed by atoms with Crippen LogP contribution in [0.1, 0.15) is 16.8 Å². The maximum atomic E-state index is 11.5. The van der Waals surface area contributed by atoms with Crippen molar-refractivity contribution in [2.24, 2.45) is 0 Å². The van der Waals surface area contributed by atoms with E-state index in [1.807, 2.05) is 0 Å². The van der Waals surface area contributed by atoms with E-state index >= 15 is 0 Å². The van der Waals surface area contributed by atoms with Gasteiger partial charge in [0.05, 0.1) is 49.9 Å². The Labute approximate surface area is 117 Å². The Morgan fingerprint density at radius 1 is 1.50 bits per heavy atom. The molecule has 1 unspecified atom stereocenters. The first-order valence-corrected chi connectivity index (χ1v) is 6.58. The molecule has 108 valence electrons. The number of rotatable bonds is 3. The lowest BCUT2D eigenvalue weighted by Crippen LogP contribution is -2.49.